The molecule has 1 amide bonds. The van der Waals surface area contributed by atoms with Crippen molar-refractivity contribution >= 4 is 23.1 Å². The summed E-state index contributed by atoms with van der Waals surface area (Å²) in [6.45, 7) is 1.10. The fourth-order valence-corrected chi connectivity index (χ4v) is 1.86. The molecule has 0 fully saturated rings. The number of aromatic nitrogens is 2. The van der Waals surface area contributed by atoms with Crippen LogP contribution < -0.4 is 5.32 Å². The van der Waals surface area contributed by atoms with E-state index in [2.05, 4.69) is 10.4 Å². The van der Waals surface area contributed by atoms with Gasteiger partial charge in [-0.1, -0.05) is 5.10 Å². The molecule has 0 aliphatic carbocycles. The van der Waals surface area contributed by atoms with Crippen molar-refractivity contribution in [1.29, 1.82) is 0 Å². The van der Waals surface area contributed by atoms with Crippen LogP contribution in [0.25, 0.3) is 0 Å². The summed E-state index contributed by atoms with van der Waals surface area (Å²) in [4.78, 5) is 31.9. The summed E-state index contributed by atoms with van der Waals surface area (Å²) >= 11 is 0. The van der Waals surface area contributed by atoms with Gasteiger partial charge in [-0.05, 0) is 17.9 Å². The number of benzene rings is 1. The first-order valence-corrected chi connectivity index (χ1v) is 6.24. The van der Waals surface area contributed by atoms with E-state index in [1.165, 1.54) is 6.07 Å². The molecule has 2 rings (SSSR count). The Hall–Kier alpha value is -3.50. The SMILES string of the molecule is Cc1cc([N+](=O)[O-])n(CC(=O)Nc2ccc([N+](=O)[O-])cc2O)n1. The summed E-state index contributed by atoms with van der Waals surface area (Å²) in [6, 6.07) is 4.37. The standard InChI is InChI=1S/C12H11N5O6/c1-7-4-12(17(22)23)15(14-7)6-11(19)13-9-3-2-8(16(20)21)5-10(9)18/h2-5,18H,6H2,1H3,(H,13,19). The summed E-state index contributed by atoms with van der Waals surface area (Å²) in [6.07, 6.45) is 0. The van der Waals surface area contributed by atoms with E-state index in [1.807, 2.05) is 0 Å². The quantitative estimate of drug-likeness (QED) is 0.478. The predicted octanol–water partition coefficient (Wildman–Crippen LogP) is 1.35. The number of rotatable bonds is 5. The maximum atomic E-state index is 11.9. The number of aryl methyl sites for hydroxylation is 1. The molecule has 2 aromatic rings. The van der Waals surface area contributed by atoms with E-state index in [0.29, 0.717) is 5.69 Å². The molecular formula is C12H11N5O6. The molecule has 11 nitrogen and oxygen atoms in total. The van der Waals surface area contributed by atoms with Gasteiger partial charge in [-0.3, -0.25) is 14.9 Å². The molecule has 0 aliphatic rings. The molecule has 0 unspecified atom stereocenters. The summed E-state index contributed by atoms with van der Waals surface area (Å²) in [7, 11) is 0. The fraction of sp³-hybridized carbons (Fsp3) is 0.167. The maximum absolute atomic E-state index is 11.9. The highest BCUT2D eigenvalue weighted by Crippen LogP contribution is 2.27. The van der Waals surface area contributed by atoms with Crippen LogP contribution in [0.5, 0.6) is 5.75 Å². The minimum atomic E-state index is -0.693. The highest BCUT2D eigenvalue weighted by molar-refractivity contribution is 5.92. The number of hydrogen-bond donors (Lipinski definition) is 2. The van der Waals surface area contributed by atoms with Crippen molar-refractivity contribution in [2.45, 2.75) is 13.5 Å². The van der Waals surface area contributed by atoms with E-state index in [-0.39, 0.29) is 17.2 Å². The molecule has 0 bridgehead atoms. The molecule has 0 saturated carbocycles. The zero-order valence-corrected chi connectivity index (χ0v) is 11.8. The lowest BCUT2D eigenvalue weighted by molar-refractivity contribution is -0.392. The van der Waals surface area contributed by atoms with Crippen molar-refractivity contribution in [3.8, 4) is 5.75 Å². The van der Waals surface area contributed by atoms with Gasteiger partial charge in [-0.2, -0.15) is 0 Å². The summed E-state index contributed by atoms with van der Waals surface area (Å²) in [5, 5.41) is 37.2. The Bertz CT molecular complexity index is 799. The lowest BCUT2D eigenvalue weighted by atomic mass is 10.2. The van der Waals surface area contributed by atoms with Crippen molar-refractivity contribution < 1.29 is 19.7 Å². The first kappa shape index (κ1) is 15.9. The number of nitrogens with zero attached hydrogens (tertiary/aromatic N) is 4. The summed E-state index contributed by atoms with van der Waals surface area (Å²) in [5.74, 6) is -1.51. The summed E-state index contributed by atoms with van der Waals surface area (Å²) < 4.78 is 0.910. The van der Waals surface area contributed by atoms with Gasteiger partial charge in [0.05, 0.1) is 28.4 Å². The minimum absolute atomic E-state index is 0.0490. The molecular weight excluding hydrogens is 310 g/mol. The summed E-state index contributed by atoms with van der Waals surface area (Å²) in [5.41, 5.74) is -0.00588. The number of hydrogen-bond acceptors (Lipinski definition) is 7. The Morgan fingerprint density at radius 2 is 2.00 bits per heavy atom. The van der Waals surface area contributed by atoms with Gasteiger partial charge in [0, 0.05) is 6.07 Å². The number of nitro groups is 2. The molecule has 23 heavy (non-hydrogen) atoms. The lowest BCUT2D eigenvalue weighted by Gasteiger charge is -2.06. The number of carbonyl (C=O) groups excluding carboxylic acids is 1. The van der Waals surface area contributed by atoms with E-state index < -0.39 is 28.0 Å². The number of aromatic hydroxyl groups is 1. The average molecular weight is 321 g/mol. The molecule has 0 saturated heterocycles. The number of phenolic OH excluding ortho intramolecular Hbond substituents is 1. The van der Waals surface area contributed by atoms with Crippen molar-refractivity contribution in [2.24, 2.45) is 0 Å². The van der Waals surface area contributed by atoms with Gasteiger partial charge in [-0.15, -0.1) is 4.68 Å². The third-order valence-corrected chi connectivity index (χ3v) is 2.83. The lowest BCUT2D eigenvalue weighted by Crippen LogP contribution is -2.20. The Morgan fingerprint density at radius 1 is 1.30 bits per heavy atom. The Morgan fingerprint density at radius 3 is 2.57 bits per heavy atom. The van der Waals surface area contributed by atoms with Crippen LogP contribution in [0.1, 0.15) is 5.69 Å². The first-order chi connectivity index (χ1) is 10.8. The minimum Gasteiger partial charge on any atom is -0.506 e. The van der Waals surface area contributed by atoms with Crippen LogP contribution in [0, 0.1) is 27.2 Å². The number of nitro benzene ring substituents is 1. The van der Waals surface area contributed by atoms with Crippen LogP contribution in [-0.2, 0) is 11.3 Å². The Kier molecular flexibility index (Phi) is 4.21. The number of non-ortho nitro benzene ring substituents is 1. The second kappa shape index (κ2) is 6.09. The zero-order valence-electron chi connectivity index (χ0n) is 11.8. The van der Waals surface area contributed by atoms with Crippen molar-refractivity contribution in [3.63, 3.8) is 0 Å². The van der Waals surface area contributed by atoms with Gasteiger partial charge in [0.15, 0.2) is 6.54 Å². The van der Waals surface area contributed by atoms with Gasteiger partial charge in [0.25, 0.3) is 11.6 Å². The second-order valence-electron chi connectivity index (χ2n) is 4.57. The fourth-order valence-electron chi connectivity index (χ4n) is 1.86. The first-order valence-electron chi connectivity index (χ1n) is 6.24. The highest BCUT2D eigenvalue weighted by atomic mass is 16.6. The van der Waals surface area contributed by atoms with Crippen LogP contribution in [0.15, 0.2) is 24.3 Å². The third-order valence-electron chi connectivity index (χ3n) is 2.83. The molecule has 0 aliphatic heterocycles. The van der Waals surface area contributed by atoms with Gasteiger partial charge >= 0.3 is 5.82 Å². The van der Waals surface area contributed by atoms with E-state index >= 15 is 0 Å². The van der Waals surface area contributed by atoms with Crippen molar-refractivity contribution in [2.75, 3.05) is 5.32 Å². The molecule has 11 heteroatoms. The monoisotopic (exact) mass is 321 g/mol. The largest absolute Gasteiger partial charge is 0.506 e. The van der Waals surface area contributed by atoms with E-state index in [9.17, 15) is 30.1 Å². The number of phenols is 1. The average Bonchev–Trinajstić information content (AvgIpc) is 2.81. The third kappa shape index (κ3) is 3.58. The molecule has 2 N–H and O–H groups in total. The molecule has 1 heterocycles. The maximum Gasteiger partial charge on any atom is 0.345 e. The van der Waals surface area contributed by atoms with Crippen LogP contribution in [0.3, 0.4) is 0 Å². The van der Waals surface area contributed by atoms with Gasteiger partial charge in [-0.25, -0.2) is 0 Å². The molecule has 1 aromatic heterocycles. The van der Waals surface area contributed by atoms with Crippen LogP contribution in [0.2, 0.25) is 0 Å². The van der Waals surface area contributed by atoms with E-state index in [0.717, 1.165) is 22.9 Å². The molecule has 1 aromatic carbocycles. The molecule has 0 radical (unpaired) electrons. The van der Waals surface area contributed by atoms with E-state index in [1.54, 1.807) is 6.92 Å². The number of anilines is 1. The number of nitrogens with one attached hydrogen (secondary N) is 1. The van der Waals surface area contributed by atoms with Gasteiger partial charge in [0.2, 0.25) is 0 Å². The molecule has 0 spiro atoms. The van der Waals surface area contributed by atoms with Crippen LogP contribution >= 0.6 is 0 Å². The zero-order chi connectivity index (χ0) is 17.1. The highest BCUT2D eigenvalue weighted by Gasteiger charge is 2.20. The Labute approximate surface area is 128 Å². The number of amides is 1. The van der Waals surface area contributed by atoms with Crippen molar-refractivity contribution in [3.05, 3.63) is 50.2 Å². The van der Waals surface area contributed by atoms with E-state index in [4.69, 9.17) is 0 Å². The smallest absolute Gasteiger partial charge is 0.345 e. The Balaban J connectivity index is 2.14. The molecule has 0 atom stereocenters. The normalized spacial score (nSPS) is 10.3. The topological polar surface area (TPSA) is 153 Å². The predicted molar refractivity (Wildman–Crippen MR) is 77.0 cm³/mol. The molecule has 120 valence electrons. The van der Waals surface area contributed by atoms with Crippen LogP contribution in [0.4, 0.5) is 17.2 Å². The number of carbonyl (C=O) groups is 1. The van der Waals surface area contributed by atoms with Gasteiger partial charge < -0.3 is 20.5 Å². The van der Waals surface area contributed by atoms with Gasteiger partial charge in [0.1, 0.15) is 5.75 Å². The second-order valence-corrected chi connectivity index (χ2v) is 4.57. The van der Waals surface area contributed by atoms with Crippen LogP contribution in [-0.4, -0.2) is 30.6 Å². The van der Waals surface area contributed by atoms with Crippen molar-refractivity contribution in [1.82, 2.24) is 9.78 Å².